The van der Waals surface area contributed by atoms with Crippen LogP contribution in [0.15, 0.2) is 28.9 Å². The van der Waals surface area contributed by atoms with Gasteiger partial charge in [0.2, 0.25) is 0 Å². The van der Waals surface area contributed by atoms with Crippen molar-refractivity contribution in [2.45, 2.75) is 26.2 Å². The number of nitrogens with zero attached hydrogens (tertiary/aromatic N) is 1. The molecule has 2 rings (SSSR count). The minimum atomic E-state index is 0.394. The number of aromatic nitrogens is 1. The fourth-order valence-electron chi connectivity index (χ4n) is 2.03. The van der Waals surface area contributed by atoms with E-state index in [0.717, 1.165) is 17.0 Å². The molecule has 0 saturated carbocycles. The summed E-state index contributed by atoms with van der Waals surface area (Å²) in [7, 11) is 1.69. The summed E-state index contributed by atoms with van der Waals surface area (Å²) in [6.07, 6.45) is 2.34. The Kier molecular flexibility index (Phi) is 4.22. The van der Waals surface area contributed by atoms with Gasteiger partial charge in [-0.15, -0.1) is 0 Å². The van der Waals surface area contributed by atoms with Crippen LogP contribution in [0, 0.1) is 0 Å². The molecular formula is C15H20N2O2. The van der Waals surface area contributed by atoms with Crippen molar-refractivity contribution in [3.63, 3.8) is 0 Å². The molecule has 1 heterocycles. The quantitative estimate of drug-likeness (QED) is 0.897. The zero-order valence-electron chi connectivity index (χ0n) is 11.6. The minimum Gasteiger partial charge on any atom is -0.496 e. The molecule has 0 saturated heterocycles. The van der Waals surface area contributed by atoms with Crippen LogP contribution in [0.5, 0.6) is 5.75 Å². The molecule has 0 radical (unpaired) electrons. The predicted octanol–water partition coefficient (Wildman–Crippen LogP) is 2.97. The maximum atomic E-state index is 5.49. The van der Waals surface area contributed by atoms with Crippen LogP contribution in [0.2, 0.25) is 0 Å². The summed E-state index contributed by atoms with van der Waals surface area (Å²) < 4.78 is 10.8. The van der Waals surface area contributed by atoms with Gasteiger partial charge in [-0.1, -0.05) is 13.8 Å². The molecule has 102 valence electrons. The Morgan fingerprint density at radius 2 is 2.16 bits per heavy atom. The van der Waals surface area contributed by atoms with Crippen LogP contribution in [0.1, 0.15) is 31.2 Å². The number of hydrogen-bond donors (Lipinski definition) is 1. The lowest BCUT2D eigenvalue weighted by atomic mass is 9.98. The van der Waals surface area contributed by atoms with Crippen molar-refractivity contribution in [1.82, 2.24) is 4.98 Å². The Labute approximate surface area is 113 Å². The van der Waals surface area contributed by atoms with E-state index in [1.165, 1.54) is 5.56 Å². The van der Waals surface area contributed by atoms with Crippen molar-refractivity contribution in [2.75, 3.05) is 13.7 Å². The predicted molar refractivity (Wildman–Crippen MR) is 75.3 cm³/mol. The summed E-state index contributed by atoms with van der Waals surface area (Å²) in [5.74, 6) is 1.98. The second-order valence-electron chi connectivity index (χ2n) is 4.78. The number of rotatable bonds is 5. The van der Waals surface area contributed by atoms with E-state index >= 15 is 0 Å². The number of oxazole rings is 1. The molecule has 0 atom stereocenters. The molecule has 0 unspecified atom stereocenters. The van der Waals surface area contributed by atoms with Crippen LogP contribution < -0.4 is 10.5 Å². The number of methoxy groups -OCH3 is 1. The highest BCUT2D eigenvalue weighted by Crippen LogP contribution is 2.31. The van der Waals surface area contributed by atoms with Gasteiger partial charge in [0.15, 0.2) is 5.89 Å². The molecule has 1 aromatic heterocycles. The molecule has 0 bridgehead atoms. The summed E-state index contributed by atoms with van der Waals surface area (Å²) in [5.41, 5.74) is 8.54. The standard InChI is InChI=1S/C15H20N2O2/c1-10(2)12-8-11(4-5-14(12)18-3)13-9-19-15(17-13)6-7-16/h4-5,8-10H,6-7,16H2,1-3H3. The fourth-order valence-corrected chi connectivity index (χ4v) is 2.03. The number of ether oxygens (including phenoxy) is 1. The second kappa shape index (κ2) is 5.89. The van der Waals surface area contributed by atoms with Crippen molar-refractivity contribution in [2.24, 2.45) is 5.73 Å². The van der Waals surface area contributed by atoms with Gasteiger partial charge in [-0.3, -0.25) is 0 Å². The zero-order valence-corrected chi connectivity index (χ0v) is 11.6. The molecule has 0 spiro atoms. The molecule has 2 N–H and O–H groups in total. The third-order valence-electron chi connectivity index (χ3n) is 3.06. The van der Waals surface area contributed by atoms with Crippen LogP contribution in [0.4, 0.5) is 0 Å². The van der Waals surface area contributed by atoms with Gasteiger partial charge < -0.3 is 14.9 Å². The topological polar surface area (TPSA) is 61.3 Å². The largest absolute Gasteiger partial charge is 0.496 e. The van der Waals surface area contributed by atoms with Crippen LogP contribution >= 0.6 is 0 Å². The monoisotopic (exact) mass is 260 g/mol. The first kappa shape index (κ1) is 13.6. The average Bonchev–Trinajstić information content (AvgIpc) is 2.87. The molecule has 1 aromatic carbocycles. The molecule has 0 fully saturated rings. The maximum absolute atomic E-state index is 5.49. The smallest absolute Gasteiger partial charge is 0.195 e. The Bertz CT molecular complexity index is 547. The van der Waals surface area contributed by atoms with Gasteiger partial charge in [0.05, 0.1) is 7.11 Å². The summed E-state index contributed by atoms with van der Waals surface area (Å²) in [6, 6.07) is 6.07. The zero-order chi connectivity index (χ0) is 13.8. The van der Waals surface area contributed by atoms with Gasteiger partial charge in [-0.05, 0) is 29.7 Å². The summed E-state index contributed by atoms with van der Waals surface area (Å²) >= 11 is 0. The van der Waals surface area contributed by atoms with E-state index in [1.807, 2.05) is 12.1 Å². The normalized spacial score (nSPS) is 11.0. The van der Waals surface area contributed by atoms with E-state index in [0.29, 0.717) is 24.8 Å². The van der Waals surface area contributed by atoms with Crippen molar-refractivity contribution in [1.29, 1.82) is 0 Å². The molecule has 19 heavy (non-hydrogen) atoms. The SMILES string of the molecule is COc1ccc(-c2coc(CCN)n2)cc1C(C)C. The molecular weight excluding hydrogens is 240 g/mol. The van der Waals surface area contributed by atoms with Gasteiger partial charge in [0.25, 0.3) is 0 Å². The lowest BCUT2D eigenvalue weighted by Crippen LogP contribution is -2.02. The van der Waals surface area contributed by atoms with Crippen LogP contribution in [-0.4, -0.2) is 18.6 Å². The van der Waals surface area contributed by atoms with Crippen LogP contribution in [0.25, 0.3) is 11.3 Å². The van der Waals surface area contributed by atoms with Gasteiger partial charge in [-0.25, -0.2) is 4.98 Å². The first-order valence-electron chi connectivity index (χ1n) is 6.48. The highest BCUT2D eigenvalue weighted by atomic mass is 16.5. The Hall–Kier alpha value is -1.81. The van der Waals surface area contributed by atoms with Crippen molar-refractivity contribution < 1.29 is 9.15 Å². The Morgan fingerprint density at radius 1 is 1.37 bits per heavy atom. The molecule has 0 amide bonds. The average molecular weight is 260 g/mol. The number of hydrogen-bond acceptors (Lipinski definition) is 4. The highest BCUT2D eigenvalue weighted by molar-refractivity contribution is 5.61. The van der Waals surface area contributed by atoms with E-state index in [-0.39, 0.29) is 0 Å². The lowest BCUT2D eigenvalue weighted by molar-refractivity contribution is 0.407. The van der Waals surface area contributed by atoms with E-state index < -0.39 is 0 Å². The maximum Gasteiger partial charge on any atom is 0.195 e. The first-order chi connectivity index (χ1) is 9.15. The summed E-state index contributed by atoms with van der Waals surface area (Å²) in [5, 5.41) is 0. The van der Waals surface area contributed by atoms with E-state index in [4.69, 9.17) is 14.9 Å². The Balaban J connectivity index is 2.36. The van der Waals surface area contributed by atoms with E-state index in [9.17, 15) is 0 Å². The van der Waals surface area contributed by atoms with Crippen molar-refractivity contribution >= 4 is 0 Å². The fraction of sp³-hybridized carbons (Fsp3) is 0.400. The van der Waals surface area contributed by atoms with Crippen LogP contribution in [0.3, 0.4) is 0 Å². The van der Waals surface area contributed by atoms with E-state index in [1.54, 1.807) is 13.4 Å². The number of nitrogens with two attached hydrogens (primary N) is 1. The lowest BCUT2D eigenvalue weighted by Gasteiger charge is -2.12. The molecule has 4 heteroatoms. The van der Waals surface area contributed by atoms with Crippen molar-refractivity contribution in [3.05, 3.63) is 35.9 Å². The van der Waals surface area contributed by atoms with Gasteiger partial charge >= 0.3 is 0 Å². The van der Waals surface area contributed by atoms with Crippen molar-refractivity contribution in [3.8, 4) is 17.0 Å². The molecule has 2 aromatic rings. The summed E-state index contributed by atoms with van der Waals surface area (Å²) in [4.78, 5) is 4.44. The molecule has 4 nitrogen and oxygen atoms in total. The van der Waals surface area contributed by atoms with Gasteiger partial charge in [-0.2, -0.15) is 0 Å². The minimum absolute atomic E-state index is 0.394. The molecule has 0 aliphatic rings. The summed E-state index contributed by atoms with van der Waals surface area (Å²) in [6.45, 7) is 4.83. The Morgan fingerprint density at radius 3 is 2.79 bits per heavy atom. The third-order valence-corrected chi connectivity index (χ3v) is 3.06. The highest BCUT2D eigenvalue weighted by Gasteiger charge is 2.11. The third kappa shape index (κ3) is 2.96. The van der Waals surface area contributed by atoms with Gasteiger partial charge in [0.1, 0.15) is 17.7 Å². The van der Waals surface area contributed by atoms with E-state index in [2.05, 4.69) is 24.9 Å². The number of benzene rings is 1. The first-order valence-corrected chi connectivity index (χ1v) is 6.48. The second-order valence-corrected chi connectivity index (χ2v) is 4.78. The van der Waals surface area contributed by atoms with Crippen LogP contribution in [-0.2, 0) is 6.42 Å². The van der Waals surface area contributed by atoms with Gasteiger partial charge in [0, 0.05) is 18.5 Å². The molecule has 0 aliphatic heterocycles. The molecule has 0 aliphatic carbocycles.